The molecule has 0 fully saturated rings. The zero-order valence-electron chi connectivity index (χ0n) is 12.0. The van der Waals surface area contributed by atoms with Gasteiger partial charge < -0.3 is 15.3 Å². The number of nitrogens with zero attached hydrogens (tertiary/aromatic N) is 3. The second kappa shape index (κ2) is 4.86. The van der Waals surface area contributed by atoms with Gasteiger partial charge in [0.15, 0.2) is 5.84 Å². The van der Waals surface area contributed by atoms with Gasteiger partial charge in [0.25, 0.3) is 5.56 Å². The van der Waals surface area contributed by atoms with Crippen molar-refractivity contribution >= 4 is 24.3 Å². The lowest BCUT2D eigenvalue weighted by Crippen LogP contribution is -2.30. The van der Waals surface area contributed by atoms with Crippen LogP contribution in [0.5, 0.6) is 5.88 Å². The van der Waals surface area contributed by atoms with Crippen LogP contribution in [0.1, 0.15) is 12.5 Å². The minimum atomic E-state index is -4.00. The molecule has 8 nitrogen and oxygen atoms in total. The normalized spacial score (nSPS) is 20.2. The summed E-state index contributed by atoms with van der Waals surface area (Å²) >= 11 is 0. The molecule has 1 aromatic heterocycles. The van der Waals surface area contributed by atoms with E-state index in [-0.39, 0.29) is 22.6 Å². The molecule has 2 aromatic rings. The summed E-state index contributed by atoms with van der Waals surface area (Å²) in [6, 6.07) is 6.45. The first-order valence-corrected chi connectivity index (χ1v) is 8.26. The van der Waals surface area contributed by atoms with E-state index in [1.54, 1.807) is 25.1 Å². The molecule has 0 aliphatic carbocycles. The van der Waals surface area contributed by atoms with E-state index in [1.807, 2.05) is 0 Å². The van der Waals surface area contributed by atoms with Gasteiger partial charge in [-0.1, -0.05) is 12.1 Å². The van der Waals surface area contributed by atoms with E-state index in [1.165, 1.54) is 22.5 Å². The number of rotatable bonds is 2. The Morgan fingerprint density at radius 2 is 2.05 bits per heavy atom. The molecule has 0 bridgehead atoms. The quantitative estimate of drug-likeness (QED) is 0.701. The van der Waals surface area contributed by atoms with Crippen LogP contribution in [0.25, 0.3) is 0 Å². The molecule has 1 aromatic carbocycles. The van der Waals surface area contributed by atoms with Crippen molar-refractivity contribution in [3.63, 3.8) is 0 Å². The Morgan fingerprint density at radius 1 is 1.36 bits per heavy atom. The van der Waals surface area contributed by atoms with Crippen LogP contribution in [-0.2, 0) is 18.2 Å². The molecule has 1 aliphatic heterocycles. The van der Waals surface area contributed by atoms with Crippen molar-refractivity contribution in [3.05, 3.63) is 40.2 Å². The largest absolute Gasteiger partial charge is 0.493 e. The fourth-order valence-corrected chi connectivity index (χ4v) is 3.74. The molecule has 0 saturated heterocycles. The molecule has 3 rings (SSSR count). The van der Waals surface area contributed by atoms with Crippen molar-refractivity contribution in [2.75, 3.05) is 5.32 Å². The minimum Gasteiger partial charge on any atom is -0.493 e. The number of aromatic hydroxyl groups is 1. The number of para-hydroxylation sites is 1. The van der Waals surface area contributed by atoms with E-state index >= 15 is 0 Å². The number of fused-ring (bicyclic) bond motifs is 1. The number of amidine groups is 1. The predicted molar refractivity (Wildman–Crippen MR) is 83.1 cm³/mol. The molecule has 3 N–H and O–H groups in total. The zero-order chi connectivity index (χ0) is 16.1. The van der Waals surface area contributed by atoms with Gasteiger partial charge in [-0.25, -0.2) is 4.68 Å². The Kier molecular flexibility index (Phi) is 3.23. The van der Waals surface area contributed by atoms with Crippen LogP contribution >= 0.6 is 7.52 Å². The highest BCUT2D eigenvalue weighted by molar-refractivity contribution is 7.65. The van der Waals surface area contributed by atoms with Crippen molar-refractivity contribution in [2.24, 2.45) is 11.8 Å². The fraction of sp³-hybridized carbons (Fsp3) is 0.231. The SMILES string of the molecule is CCn1c(=O)c(C2=NP(=O)(O)c3ccccc3N2)c(O)n1C. The lowest BCUT2D eigenvalue weighted by Gasteiger charge is -2.20. The number of nitrogens with one attached hydrogen (secondary N) is 1. The molecular weight excluding hydrogens is 307 g/mol. The van der Waals surface area contributed by atoms with E-state index in [0.717, 1.165) is 0 Å². The number of benzene rings is 1. The van der Waals surface area contributed by atoms with Crippen molar-refractivity contribution < 1.29 is 14.6 Å². The summed E-state index contributed by atoms with van der Waals surface area (Å²) < 4.78 is 18.7. The molecule has 1 aliphatic rings. The summed E-state index contributed by atoms with van der Waals surface area (Å²) in [5.41, 5.74) is -0.203. The van der Waals surface area contributed by atoms with Gasteiger partial charge in [0.05, 0.1) is 11.0 Å². The van der Waals surface area contributed by atoms with Crippen LogP contribution < -0.4 is 16.2 Å². The molecule has 0 spiro atoms. The summed E-state index contributed by atoms with van der Waals surface area (Å²) in [5, 5.41) is 13.2. The van der Waals surface area contributed by atoms with E-state index < -0.39 is 13.1 Å². The Balaban J connectivity index is 2.23. The van der Waals surface area contributed by atoms with Crippen molar-refractivity contribution in [1.29, 1.82) is 0 Å². The Hall–Kier alpha value is -2.31. The van der Waals surface area contributed by atoms with Gasteiger partial charge in [0.2, 0.25) is 5.88 Å². The average molecular weight is 322 g/mol. The molecule has 116 valence electrons. The molecule has 0 radical (unpaired) electrons. The van der Waals surface area contributed by atoms with Crippen LogP contribution in [0, 0.1) is 0 Å². The van der Waals surface area contributed by atoms with Crippen LogP contribution in [-0.4, -0.2) is 25.2 Å². The van der Waals surface area contributed by atoms with Gasteiger partial charge in [-0.2, -0.15) is 4.76 Å². The number of anilines is 1. The van der Waals surface area contributed by atoms with Crippen molar-refractivity contribution in [2.45, 2.75) is 13.5 Å². The maximum Gasteiger partial charge on any atom is 0.346 e. The highest BCUT2D eigenvalue weighted by Gasteiger charge is 2.33. The molecule has 2 heterocycles. The van der Waals surface area contributed by atoms with Gasteiger partial charge >= 0.3 is 7.52 Å². The van der Waals surface area contributed by atoms with Crippen LogP contribution in [0.2, 0.25) is 0 Å². The van der Waals surface area contributed by atoms with Crippen LogP contribution in [0.4, 0.5) is 5.69 Å². The minimum absolute atomic E-state index is 0.102. The first-order chi connectivity index (χ1) is 10.4. The standard InChI is InChI=1S/C13H15N4O4P/c1-3-17-13(19)10(12(18)16(17)2)11-14-8-6-4-5-7-9(8)22(20,21)15-11/h4-7,18H,3H2,1-2H3,(H2,14,15,20,21). The Morgan fingerprint density at radius 3 is 2.68 bits per heavy atom. The second-order valence-electron chi connectivity index (χ2n) is 4.88. The lowest BCUT2D eigenvalue weighted by atomic mass is 10.2. The highest BCUT2D eigenvalue weighted by atomic mass is 31.2. The van der Waals surface area contributed by atoms with Crippen LogP contribution in [0.3, 0.4) is 0 Å². The topological polar surface area (TPSA) is 109 Å². The van der Waals surface area contributed by atoms with Gasteiger partial charge in [0, 0.05) is 13.6 Å². The molecule has 22 heavy (non-hydrogen) atoms. The van der Waals surface area contributed by atoms with E-state index in [0.29, 0.717) is 12.2 Å². The van der Waals surface area contributed by atoms with Gasteiger partial charge in [-0.15, -0.1) is 0 Å². The van der Waals surface area contributed by atoms with E-state index in [2.05, 4.69) is 10.1 Å². The predicted octanol–water partition coefficient (Wildman–Crippen LogP) is 0.595. The third kappa shape index (κ3) is 2.00. The zero-order valence-corrected chi connectivity index (χ0v) is 12.9. The van der Waals surface area contributed by atoms with Gasteiger partial charge in [-0.05, 0) is 19.1 Å². The first-order valence-electron chi connectivity index (χ1n) is 6.65. The maximum atomic E-state index is 12.4. The monoisotopic (exact) mass is 322 g/mol. The van der Waals surface area contributed by atoms with Crippen molar-refractivity contribution in [3.8, 4) is 5.88 Å². The maximum absolute atomic E-state index is 12.4. The van der Waals surface area contributed by atoms with Crippen LogP contribution in [0.15, 0.2) is 33.8 Å². The van der Waals surface area contributed by atoms with E-state index in [4.69, 9.17) is 0 Å². The lowest BCUT2D eigenvalue weighted by molar-refractivity contribution is 0.386. The van der Waals surface area contributed by atoms with Gasteiger partial charge in [0.1, 0.15) is 5.56 Å². The second-order valence-corrected chi connectivity index (χ2v) is 6.65. The average Bonchev–Trinajstić information content (AvgIpc) is 2.68. The fourth-order valence-electron chi connectivity index (χ4n) is 2.49. The number of hydrogen-bond acceptors (Lipinski definition) is 4. The Labute approximate surface area is 125 Å². The third-order valence-electron chi connectivity index (χ3n) is 3.58. The molecule has 1 atom stereocenters. The number of hydrogen-bond donors (Lipinski definition) is 3. The highest BCUT2D eigenvalue weighted by Crippen LogP contribution is 2.46. The molecule has 0 saturated carbocycles. The number of aromatic nitrogens is 2. The van der Waals surface area contributed by atoms with Gasteiger partial charge in [-0.3, -0.25) is 14.0 Å². The summed E-state index contributed by atoms with van der Waals surface area (Å²) in [7, 11) is -2.47. The smallest absolute Gasteiger partial charge is 0.346 e. The first kappa shape index (κ1) is 14.6. The summed E-state index contributed by atoms with van der Waals surface area (Å²) in [4.78, 5) is 22.5. The molecule has 0 amide bonds. The summed E-state index contributed by atoms with van der Waals surface area (Å²) in [6.07, 6.45) is 0. The molecular formula is C13H15N4O4P. The van der Waals surface area contributed by atoms with Crippen molar-refractivity contribution in [1.82, 2.24) is 9.36 Å². The summed E-state index contributed by atoms with van der Waals surface area (Å²) in [6.45, 7) is 2.11. The summed E-state index contributed by atoms with van der Waals surface area (Å²) in [5.74, 6) is -0.410. The molecule has 9 heteroatoms. The molecule has 1 unspecified atom stereocenters. The third-order valence-corrected chi connectivity index (χ3v) is 5.07. The Bertz CT molecular complexity index is 896. The van der Waals surface area contributed by atoms with E-state index in [9.17, 15) is 19.4 Å².